The van der Waals surface area contributed by atoms with E-state index in [-0.39, 0.29) is 17.0 Å². The van der Waals surface area contributed by atoms with E-state index < -0.39 is 0 Å². The van der Waals surface area contributed by atoms with Crippen LogP contribution in [0.5, 0.6) is 0 Å². The van der Waals surface area contributed by atoms with E-state index in [0.29, 0.717) is 23.6 Å². The first kappa shape index (κ1) is 14.2. The molecule has 0 bridgehead atoms. The fourth-order valence-corrected chi connectivity index (χ4v) is 2.74. The molecule has 1 amide bonds. The molecule has 112 valence electrons. The normalized spacial score (nSPS) is 18.8. The van der Waals surface area contributed by atoms with E-state index in [1.54, 1.807) is 0 Å². The number of halogens is 1. The quantitative estimate of drug-likeness (QED) is 0.749. The van der Waals surface area contributed by atoms with Crippen molar-refractivity contribution in [3.8, 4) is 0 Å². The Labute approximate surface area is 126 Å². The molecule has 1 aliphatic rings. The van der Waals surface area contributed by atoms with Crippen molar-refractivity contribution >= 4 is 34.6 Å². The summed E-state index contributed by atoms with van der Waals surface area (Å²) in [4.78, 5) is 27.0. The number of hydrogen-bond acceptors (Lipinski definition) is 5. The van der Waals surface area contributed by atoms with Crippen LogP contribution >= 0.6 is 11.6 Å². The van der Waals surface area contributed by atoms with Gasteiger partial charge in [0.2, 0.25) is 11.9 Å². The predicted molar refractivity (Wildman–Crippen MR) is 80.2 cm³/mol. The third-order valence-corrected chi connectivity index (χ3v) is 3.90. The average Bonchev–Trinajstić information content (AvgIpc) is 2.95. The summed E-state index contributed by atoms with van der Waals surface area (Å²) in [5.41, 5.74) is 1.01. The SMILES string of the molecule is O=C(CCC1CCCCN1)Nc1nc(Cl)c2[nH]cnc2n1. The van der Waals surface area contributed by atoms with Crippen LogP contribution in [0.2, 0.25) is 5.15 Å². The number of hydrogen-bond donors (Lipinski definition) is 3. The van der Waals surface area contributed by atoms with Crippen LogP contribution in [-0.2, 0) is 4.79 Å². The highest BCUT2D eigenvalue weighted by molar-refractivity contribution is 6.33. The average molecular weight is 309 g/mol. The molecule has 0 aromatic carbocycles. The van der Waals surface area contributed by atoms with Crippen molar-refractivity contribution in [2.45, 2.75) is 38.1 Å². The first-order valence-electron chi connectivity index (χ1n) is 7.12. The fourth-order valence-electron chi connectivity index (χ4n) is 2.52. The molecular weight excluding hydrogens is 292 g/mol. The van der Waals surface area contributed by atoms with Crippen molar-refractivity contribution in [3.05, 3.63) is 11.5 Å². The number of H-pyrrole nitrogens is 1. The lowest BCUT2D eigenvalue weighted by atomic mass is 10.0. The molecule has 1 unspecified atom stereocenters. The molecule has 3 rings (SSSR count). The maximum Gasteiger partial charge on any atom is 0.233 e. The molecule has 0 aliphatic carbocycles. The monoisotopic (exact) mass is 308 g/mol. The minimum atomic E-state index is -0.103. The number of anilines is 1. The number of nitrogens with zero attached hydrogens (tertiary/aromatic N) is 3. The van der Waals surface area contributed by atoms with Gasteiger partial charge >= 0.3 is 0 Å². The summed E-state index contributed by atoms with van der Waals surface area (Å²) < 4.78 is 0. The Morgan fingerprint density at radius 1 is 1.43 bits per heavy atom. The Morgan fingerprint density at radius 3 is 3.14 bits per heavy atom. The smallest absolute Gasteiger partial charge is 0.233 e. The molecule has 1 aliphatic heterocycles. The summed E-state index contributed by atoms with van der Waals surface area (Å²) in [6.07, 6.45) is 6.34. The zero-order chi connectivity index (χ0) is 14.7. The number of imidazole rings is 1. The number of rotatable bonds is 4. The molecule has 1 fully saturated rings. The molecule has 0 spiro atoms. The molecular formula is C13H17ClN6O. The van der Waals surface area contributed by atoms with Crippen molar-refractivity contribution in [3.63, 3.8) is 0 Å². The Bertz CT molecular complexity index is 637. The second-order valence-electron chi connectivity index (χ2n) is 5.17. The van der Waals surface area contributed by atoms with Gasteiger partial charge in [-0.25, -0.2) is 4.98 Å². The number of carbonyl (C=O) groups excluding carboxylic acids is 1. The third-order valence-electron chi connectivity index (χ3n) is 3.62. The zero-order valence-electron chi connectivity index (χ0n) is 11.5. The summed E-state index contributed by atoms with van der Waals surface area (Å²) in [6, 6.07) is 0.433. The lowest BCUT2D eigenvalue weighted by Gasteiger charge is -2.22. The van der Waals surface area contributed by atoms with Gasteiger partial charge in [-0.2, -0.15) is 9.97 Å². The van der Waals surface area contributed by atoms with Gasteiger partial charge in [0.05, 0.1) is 6.33 Å². The van der Waals surface area contributed by atoms with Crippen LogP contribution in [0.15, 0.2) is 6.33 Å². The number of nitrogens with one attached hydrogen (secondary N) is 3. The summed E-state index contributed by atoms with van der Waals surface area (Å²) in [7, 11) is 0. The van der Waals surface area contributed by atoms with E-state index in [0.717, 1.165) is 19.4 Å². The van der Waals surface area contributed by atoms with Gasteiger partial charge in [-0.1, -0.05) is 18.0 Å². The Kier molecular flexibility index (Phi) is 4.31. The highest BCUT2D eigenvalue weighted by Crippen LogP contribution is 2.18. The third kappa shape index (κ3) is 3.48. The molecule has 0 radical (unpaired) electrons. The maximum absolute atomic E-state index is 12.0. The highest BCUT2D eigenvalue weighted by atomic mass is 35.5. The second kappa shape index (κ2) is 6.36. The summed E-state index contributed by atoms with van der Waals surface area (Å²) in [5.74, 6) is 0.0922. The van der Waals surface area contributed by atoms with Crippen molar-refractivity contribution in [2.75, 3.05) is 11.9 Å². The van der Waals surface area contributed by atoms with Gasteiger partial charge in [-0.15, -0.1) is 0 Å². The summed E-state index contributed by atoms with van der Waals surface area (Å²) in [6.45, 7) is 1.04. The van der Waals surface area contributed by atoms with E-state index in [9.17, 15) is 4.79 Å². The van der Waals surface area contributed by atoms with Gasteiger partial charge in [0.25, 0.3) is 0 Å². The van der Waals surface area contributed by atoms with Gasteiger partial charge in [-0.3, -0.25) is 10.1 Å². The number of aromatic nitrogens is 4. The van der Waals surface area contributed by atoms with Gasteiger partial charge in [0, 0.05) is 12.5 Å². The first-order chi connectivity index (χ1) is 10.2. The minimum Gasteiger partial charge on any atom is -0.341 e. The van der Waals surface area contributed by atoms with Crippen LogP contribution in [0.3, 0.4) is 0 Å². The van der Waals surface area contributed by atoms with E-state index in [1.165, 1.54) is 19.2 Å². The minimum absolute atomic E-state index is 0.103. The number of fused-ring (bicyclic) bond motifs is 1. The summed E-state index contributed by atoms with van der Waals surface area (Å²) >= 11 is 6.00. The number of carbonyl (C=O) groups is 1. The van der Waals surface area contributed by atoms with Crippen LogP contribution in [0, 0.1) is 0 Å². The van der Waals surface area contributed by atoms with Crippen LogP contribution in [0.25, 0.3) is 11.2 Å². The number of amides is 1. The molecule has 3 N–H and O–H groups in total. The van der Waals surface area contributed by atoms with E-state index in [1.807, 2.05) is 0 Å². The maximum atomic E-state index is 12.0. The molecule has 7 nitrogen and oxygen atoms in total. The van der Waals surface area contributed by atoms with Gasteiger partial charge < -0.3 is 10.3 Å². The van der Waals surface area contributed by atoms with Gasteiger partial charge in [0.1, 0.15) is 5.52 Å². The van der Waals surface area contributed by atoms with E-state index >= 15 is 0 Å². The van der Waals surface area contributed by atoms with Crippen LogP contribution < -0.4 is 10.6 Å². The van der Waals surface area contributed by atoms with Gasteiger partial charge in [-0.05, 0) is 25.8 Å². The van der Waals surface area contributed by atoms with Crippen LogP contribution in [-0.4, -0.2) is 38.4 Å². The lowest BCUT2D eigenvalue weighted by molar-refractivity contribution is -0.116. The molecule has 21 heavy (non-hydrogen) atoms. The highest BCUT2D eigenvalue weighted by Gasteiger charge is 2.15. The largest absolute Gasteiger partial charge is 0.341 e. The fraction of sp³-hybridized carbons (Fsp3) is 0.538. The van der Waals surface area contributed by atoms with Crippen molar-refractivity contribution in [2.24, 2.45) is 0 Å². The lowest BCUT2D eigenvalue weighted by Crippen LogP contribution is -2.34. The van der Waals surface area contributed by atoms with E-state index in [4.69, 9.17) is 11.6 Å². The Morgan fingerprint density at radius 2 is 2.33 bits per heavy atom. The number of piperidine rings is 1. The van der Waals surface area contributed by atoms with Crippen molar-refractivity contribution < 1.29 is 4.79 Å². The van der Waals surface area contributed by atoms with E-state index in [2.05, 4.69) is 30.6 Å². The molecule has 8 heteroatoms. The molecule has 1 atom stereocenters. The topological polar surface area (TPSA) is 95.6 Å². The predicted octanol–water partition coefficient (Wildman–Crippen LogP) is 1.87. The van der Waals surface area contributed by atoms with Gasteiger partial charge in [0.15, 0.2) is 10.8 Å². The molecule has 2 aromatic heterocycles. The molecule has 2 aromatic rings. The Hall–Kier alpha value is -1.73. The van der Waals surface area contributed by atoms with Crippen molar-refractivity contribution in [1.82, 2.24) is 25.3 Å². The Balaban J connectivity index is 1.57. The zero-order valence-corrected chi connectivity index (χ0v) is 12.3. The number of aromatic amines is 1. The second-order valence-corrected chi connectivity index (χ2v) is 5.53. The van der Waals surface area contributed by atoms with Crippen LogP contribution in [0.1, 0.15) is 32.1 Å². The first-order valence-corrected chi connectivity index (χ1v) is 7.50. The van der Waals surface area contributed by atoms with Crippen LogP contribution in [0.4, 0.5) is 5.95 Å². The molecule has 0 saturated carbocycles. The molecule has 1 saturated heterocycles. The molecule has 3 heterocycles. The summed E-state index contributed by atoms with van der Waals surface area (Å²) in [5, 5.41) is 6.35. The van der Waals surface area contributed by atoms with Crippen molar-refractivity contribution in [1.29, 1.82) is 0 Å². The standard InChI is InChI=1S/C13H17ClN6O/c14-11-10-12(17-7-16-10)20-13(19-11)18-9(21)5-4-8-3-1-2-6-15-8/h7-8,15H,1-6H2,(H2,16,17,18,19,20,21).